The second-order valence-corrected chi connectivity index (χ2v) is 3.72. The Morgan fingerprint density at radius 2 is 2.00 bits per heavy atom. The fraction of sp³-hybridized carbons (Fsp3) is 0.600. The fourth-order valence-corrected chi connectivity index (χ4v) is 0.991. The Bertz CT molecular complexity index is 160. The van der Waals surface area contributed by atoms with Crippen LogP contribution in [-0.2, 0) is 4.74 Å². The van der Waals surface area contributed by atoms with Crippen LogP contribution < -0.4 is 0 Å². The van der Waals surface area contributed by atoms with E-state index in [1.807, 2.05) is 6.08 Å². The van der Waals surface area contributed by atoms with Crippen molar-refractivity contribution >= 4 is 23.2 Å². The van der Waals surface area contributed by atoms with Gasteiger partial charge >= 0.3 is 0 Å². The smallest absolute Gasteiger partial charge is 0.141 e. The first-order valence-electron chi connectivity index (χ1n) is 4.55. The zero-order chi connectivity index (χ0) is 9.94. The van der Waals surface area contributed by atoms with E-state index in [2.05, 4.69) is 13.0 Å². The average molecular weight is 223 g/mol. The molecule has 0 atom stereocenters. The van der Waals surface area contributed by atoms with Gasteiger partial charge in [-0.2, -0.15) is 0 Å². The summed E-state index contributed by atoms with van der Waals surface area (Å²) in [6.07, 6.45) is 10.3. The van der Waals surface area contributed by atoms with Gasteiger partial charge in [0.2, 0.25) is 0 Å². The van der Waals surface area contributed by atoms with Gasteiger partial charge in [-0.1, -0.05) is 55.1 Å². The molecule has 0 fully saturated rings. The van der Waals surface area contributed by atoms with Crippen molar-refractivity contribution in [2.45, 2.75) is 32.6 Å². The lowest BCUT2D eigenvalue weighted by molar-refractivity contribution is 0.289. The molecule has 0 amide bonds. The maximum atomic E-state index is 5.34. The average Bonchev–Trinajstić information content (AvgIpc) is 2.09. The van der Waals surface area contributed by atoms with Crippen LogP contribution in [-0.4, -0.2) is 6.61 Å². The fourth-order valence-electron chi connectivity index (χ4n) is 0.865. The molecule has 76 valence electrons. The van der Waals surface area contributed by atoms with Crippen molar-refractivity contribution in [3.8, 4) is 0 Å². The predicted molar refractivity (Wildman–Crippen MR) is 59.0 cm³/mol. The van der Waals surface area contributed by atoms with Crippen molar-refractivity contribution in [2.75, 3.05) is 6.61 Å². The van der Waals surface area contributed by atoms with Gasteiger partial charge in [0.1, 0.15) is 17.4 Å². The lowest BCUT2D eigenvalue weighted by Crippen LogP contribution is -1.80. The Morgan fingerprint density at radius 1 is 1.23 bits per heavy atom. The molecule has 0 radical (unpaired) electrons. The van der Waals surface area contributed by atoms with Gasteiger partial charge in [0, 0.05) is 0 Å². The van der Waals surface area contributed by atoms with E-state index in [4.69, 9.17) is 27.9 Å². The summed E-state index contributed by atoms with van der Waals surface area (Å²) in [5, 5.41) is 0. The van der Waals surface area contributed by atoms with E-state index in [0.29, 0.717) is 6.61 Å². The van der Waals surface area contributed by atoms with E-state index in [-0.39, 0.29) is 4.49 Å². The molecular weight excluding hydrogens is 207 g/mol. The highest BCUT2D eigenvalue weighted by atomic mass is 35.5. The molecule has 0 N–H and O–H groups in total. The summed E-state index contributed by atoms with van der Waals surface area (Å²) < 4.78 is 5.14. The van der Waals surface area contributed by atoms with E-state index in [1.54, 1.807) is 0 Å². The normalized spacial score (nSPS) is 10.4. The van der Waals surface area contributed by atoms with Crippen LogP contribution in [0, 0.1) is 0 Å². The Morgan fingerprint density at radius 3 is 2.62 bits per heavy atom. The zero-order valence-corrected chi connectivity index (χ0v) is 9.44. The molecule has 0 saturated heterocycles. The number of rotatable bonds is 7. The number of unbranched alkanes of at least 4 members (excludes halogenated alkanes) is 3. The highest BCUT2D eigenvalue weighted by Gasteiger charge is 1.83. The molecule has 0 aliphatic heterocycles. The van der Waals surface area contributed by atoms with Gasteiger partial charge in [0.25, 0.3) is 0 Å². The van der Waals surface area contributed by atoms with E-state index in [9.17, 15) is 0 Å². The van der Waals surface area contributed by atoms with Crippen molar-refractivity contribution < 1.29 is 4.74 Å². The van der Waals surface area contributed by atoms with Crippen LogP contribution in [0.25, 0.3) is 0 Å². The molecule has 3 heteroatoms. The van der Waals surface area contributed by atoms with Gasteiger partial charge in [-0.3, -0.25) is 0 Å². The van der Waals surface area contributed by atoms with Crippen molar-refractivity contribution in [2.24, 2.45) is 0 Å². The van der Waals surface area contributed by atoms with Gasteiger partial charge in [-0.05, 0) is 12.8 Å². The molecule has 1 nitrogen and oxygen atoms in total. The van der Waals surface area contributed by atoms with Crippen molar-refractivity contribution in [1.82, 2.24) is 0 Å². The number of hydrogen-bond acceptors (Lipinski definition) is 1. The standard InChI is InChI=1S/C10H16Cl2O/c1-2-3-4-5-6-7-8-13-9-10(11)12/h6-7,9H,2-5,8H2,1H3/b7-6+. The van der Waals surface area contributed by atoms with Crippen molar-refractivity contribution in [3.63, 3.8) is 0 Å². The molecule has 0 aromatic heterocycles. The quantitative estimate of drug-likeness (QED) is 0.352. The Labute approximate surface area is 90.4 Å². The van der Waals surface area contributed by atoms with Crippen LogP contribution in [0.5, 0.6) is 0 Å². The highest BCUT2D eigenvalue weighted by molar-refractivity contribution is 6.55. The second kappa shape index (κ2) is 9.94. The summed E-state index contributed by atoms with van der Waals surface area (Å²) >= 11 is 10.7. The molecule has 0 unspecified atom stereocenters. The number of ether oxygens (including phenoxy) is 1. The Hall–Kier alpha value is -0.140. The number of halogens is 2. The first-order valence-corrected chi connectivity index (χ1v) is 5.30. The van der Waals surface area contributed by atoms with Gasteiger partial charge in [-0.15, -0.1) is 0 Å². The topological polar surface area (TPSA) is 9.23 Å². The zero-order valence-electron chi connectivity index (χ0n) is 7.93. The Balaban J connectivity index is 3.17. The van der Waals surface area contributed by atoms with Crippen LogP contribution in [0.2, 0.25) is 0 Å². The minimum absolute atomic E-state index is 0.152. The molecule has 0 aliphatic rings. The molecule has 0 aliphatic carbocycles. The summed E-state index contributed by atoms with van der Waals surface area (Å²) in [7, 11) is 0. The van der Waals surface area contributed by atoms with Crippen LogP contribution in [0.3, 0.4) is 0 Å². The van der Waals surface area contributed by atoms with Crippen LogP contribution in [0.1, 0.15) is 32.6 Å². The van der Waals surface area contributed by atoms with E-state index in [1.165, 1.54) is 25.5 Å². The molecule has 0 rings (SSSR count). The molecule has 0 heterocycles. The summed E-state index contributed by atoms with van der Waals surface area (Å²) in [5.74, 6) is 0. The predicted octanol–water partition coefficient (Wildman–Crippen LogP) is 4.42. The molecule has 0 aromatic carbocycles. The Kier molecular flexibility index (Phi) is 9.84. The summed E-state index contributed by atoms with van der Waals surface area (Å²) in [6.45, 7) is 2.73. The van der Waals surface area contributed by atoms with E-state index in [0.717, 1.165) is 6.42 Å². The van der Waals surface area contributed by atoms with Crippen LogP contribution in [0.15, 0.2) is 22.9 Å². The van der Waals surface area contributed by atoms with Gasteiger partial charge in [0.15, 0.2) is 0 Å². The monoisotopic (exact) mass is 222 g/mol. The molecule has 0 bridgehead atoms. The lowest BCUT2D eigenvalue weighted by atomic mass is 10.2. The number of allylic oxidation sites excluding steroid dienone is 1. The maximum absolute atomic E-state index is 5.34. The molecule has 0 aromatic rings. The summed E-state index contributed by atoms with van der Waals surface area (Å²) in [6, 6.07) is 0. The van der Waals surface area contributed by atoms with Gasteiger partial charge in [0.05, 0.1) is 0 Å². The minimum atomic E-state index is 0.152. The van der Waals surface area contributed by atoms with Crippen LogP contribution in [0.4, 0.5) is 0 Å². The molecule has 0 saturated carbocycles. The van der Waals surface area contributed by atoms with Crippen LogP contribution >= 0.6 is 23.2 Å². The third-order valence-corrected chi connectivity index (χ3v) is 1.68. The first-order chi connectivity index (χ1) is 6.27. The highest BCUT2D eigenvalue weighted by Crippen LogP contribution is 2.05. The third kappa shape index (κ3) is 11.9. The van der Waals surface area contributed by atoms with Crippen molar-refractivity contribution in [3.05, 3.63) is 22.9 Å². The largest absolute Gasteiger partial charge is 0.495 e. The molecule has 0 spiro atoms. The lowest BCUT2D eigenvalue weighted by Gasteiger charge is -1.94. The molecule has 13 heavy (non-hydrogen) atoms. The minimum Gasteiger partial charge on any atom is -0.495 e. The van der Waals surface area contributed by atoms with Crippen molar-refractivity contribution in [1.29, 1.82) is 0 Å². The third-order valence-electron chi connectivity index (χ3n) is 1.51. The molecular formula is C10H16Cl2O. The first kappa shape index (κ1) is 12.9. The van der Waals surface area contributed by atoms with E-state index >= 15 is 0 Å². The SMILES string of the molecule is CCCCC/C=C/COC=C(Cl)Cl. The van der Waals surface area contributed by atoms with E-state index < -0.39 is 0 Å². The van der Waals surface area contributed by atoms with Gasteiger partial charge in [-0.25, -0.2) is 0 Å². The number of hydrogen-bond donors (Lipinski definition) is 0. The second-order valence-electron chi connectivity index (χ2n) is 2.71. The summed E-state index contributed by atoms with van der Waals surface area (Å²) in [4.78, 5) is 0. The summed E-state index contributed by atoms with van der Waals surface area (Å²) in [5.41, 5.74) is 0. The maximum Gasteiger partial charge on any atom is 0.141 e. The van der Waals surface area contributed by atoms with Gasteiger partial charge < -0.3 is 4.74 Å².